The molecule has 0 aliphatic rings. The second kappa shape index (κ2) is 8.56. The average molecular weight is 500 g/mol. The molecule has 0 N–H and O–H groups in total. The maximum Gasteiger partial charge on any atom is 0.211 e. The molecule has 9 heteroatoms. The van der Waals surface area contributed by atoms with Gasteiger partial charge in [0.05, 0.1) is 37.4 Å². The number of nitrogens with zero attached hydrogens (tertiary/aromatic N) is 5. The fourth-order valence-corrected chi connectivity index (χ4v) is 6.22. The van der Waals surface area contributed by atoms with Crippen molar-refractivity contribution < 1.29 is 0 Å². The van der Waals surface area contributed by atoms with Gasteiger partial charge in [0.25, 0.3) is 0 Å². The molecule has 4 heterocycles. The van der Waals surface area contributed by atoms with Crippen molar-refractivity contribution >= 4 is 51.8 Å². The summed E-state index contributed by atoms with van der Waals surface area (Å²) >= 11 is 15.8. The van der Waals surface area contributed by atoms with Crippen molar-refractivity contribution in [1.29, 1.82) is 0 Å². The van der Waals surface area contributed by atoms with Gasteiger partial charge in [0, 0.05) is 34.3 Å². The van der Waals surface area contributed by atoms with E-state index in [9.17, 15) is 0 Å². The molecule has 1 aromatic carbocycles. The smallest absolute Gasteiger partial charge is 0.211 e. The van der Waals surface area contributed by atoms with Crippen LogP contribution in [0.1, 0.15) is 19.5 Å². The zero-order chi connectivity index (χ0) is 22.4. The van der Waals surface area contributed by atoms with Crippen LogP contribution in [0.25, 0.3) is 33.0 Å². The van der Waals surface area contributed by atoms with Crippen molar-refractivity contribution in [3.05, 3.63) is 70.7 Å². The second-order valence-electron chi connectivity index (χ2n) is 7.59. The maximum absolute atomic E-state index is 6.29. The van der Waals surface area contributed by atoms with E-state index in [1.165, 1.54) is 0 Å². The first-order valence-corrected chi connectivity index (χ1v) is 12.5. The topological polar surface area (TPSA) is 48.0 Å². The Morgan fingerprint density at radius 1 is 1.06 bits per heavy atom. The summed E-state index contributed by atoms with van der Waals surface area (Å²) in [5, 5.41) is 11.5. The van der Waals surface area contributed by atoms with Gasteiger partial charge in [-0.05, 0) is 31.2 Å². The third kappa shape index (κ3) is 3.94. The van der Waals surface area contributed by atoms with Gasteiger partial charge in [0.15, 0.2) is 0 Å². The molecule has 0 spiro atoms. The Morgan fingerprint density at radius 2 is 1.91 bits per heavy atom. The molecular weight excluding hydrogens is 481 g/mol. The normalized spacial score (nSPS) is 11.7. The van der Waals surface area contributed by atoms with E-state index in [0.29, 0.717) is 15.3 Å². The highest BCUT2D eigenvalue weighted by Gasteiger charge is 2.20. The molecule has 0 aliphatic carbocycles. The largest absolute Gasteiger partial charge is 0.240 e. The van der Waals surface area contributed by atoms with Gasteiger partial charge in [-0.15, -0.1) is 11.8 Å². The van der Waals surface area contributed by atoms with Crippen molar-refractivity contribution in [1.82, 2.24) is 24.4 Å². The fraction of sp³-hybridized carbons (Fsp3) is 0.174. The molecule has 162 valence electrons. The maximum atomic E-state index is 6.29. The molecule has 0 saturated heterocycles. The minimum Gasteiger partial charge on any atom is -0.240 e. The summed E-state index contributed by atoms with van der Waals surface area (Å²) in [4.78, 5) is 4.95. The summed E-state index contributed by atoms with van der Waals surface area (Å²) in [6, 6.07) is 11.7. The number of pyridine rings is 1. The first kappa shape index (κ1) is 21.5. The van der Waals surface area contributed by atoms with Crippen LogP contribution in [0.4, 0.5) is 0 Å². The van der Waals surface area contributed by atoms with Crippen LogP contribution in [0.15, 0.2) is 59.2 Å². The van der Waals surface area contributed by atoms with Gasteiger partial charge in [0.2, 0.25) is 5.13 Å². The fourth-order valence-electron chi connectivity index (χ4n) is 3.48. The molecular formula is C23H19Cl2N5S2. The van der Waals surface area contributed by atoms with Crippen LogP contribution >= 0.6 is 46.3 Å². The van der Waals surface area contributed by atoms with E-state index in [1.807, 2.05) is 65.0 Å². The van der Waals surface area contributed by atoms with Gasteiger partial charge in [0.1, 0.15) is 0 Å². The number of halogens is 2. The molecule has 5 aromatic rings. The van der Waals surface area contributed by atoms with Crippen LogP contribution in [0, 0.1) is 6.92 Å². The third-order valence-corrected chi connectivity index (χ3v) is 7.93. The number of aromatic nitrogens is 5. The minimum absolute atomic E-state index is 0.415. The van der Waals surface area contributed by atoms with Crippen molar-refractivity contribution in [2.45, 2.75) is 30.2 Å². The molecule has 0 aliphatic heterocycles. The molecule has 0 saturated carbocycles. The molecule has 32 heavy (non-hydrogen) atoms. The Bertz CT molecular complexity index is 1430. The SMILES string of the molecule is Cc1nn(-c2nc(-c3ccc(Cl)c(Cl)c3)c(SC(C)C)s2)cc1-c1cnn2ccccc12. The summed E-state index contributed by atoms with van der Waals surface area (Å²) in [6.45, 7) is 6.35. The lowest BCUT2D eigenvalue weighted by molar-refractivity contribution is 0.853. The zero-order valence-electron chi connectivity index (χ0n) is 17.6. The van der Waals surface area contributed by atoms with Gasteiger partial charge >= 0.3 is 0 Å². The number of hydrogen-bond acceptors (Lipinski definition) is 5. The van der Waals surface area contributed by atoms with Gasteiger partial charge in [-0.25, -0.2) is 14.2 Å². The van der Waals surface area contributed by atoms with Crippen LogP contribution in [0.5, 0.6) is 0 Å². The number of thioether (sulfide) groups is 1. The average Bonchev–Trinajstić information content (AvgIpc) is 3.46. The molecule has 0 amide bonds. The molecule has 0 atom stereocenters. The van der Waals surface area contributed by atoms with Crippen LogP contribution in [0.3, 0.4) is 0 Å². The first-order chi connectivity index (χ1) is 15.4. The predicted molar refractivity (Wildman–Crippen MR) is 135 cm³/mol. The van der Waals surface area contributed by atoms with E-state index in [1.54, 1.807) is 23.1 Å². The summed E-state index contributed by atoms with van der Waals surface area (Å²) < 4.78 is 4.85. The molecule has 0 fully saturated rings. The van der Waals surface area contributed by atoms with Crippen LogP contribution in [0.2, 0.25) is 10.0 Å². The van der Waals surface area contributed by atoms with Gasteiger partial charge in [-0.1, -0.05) is 60.5 Å². The summed E-state index contributed by atoms with van der Waals surface area (Å²) in [5.41, 5.74) is 5.89. The van der Waals surface area contributed by atoms with E-state index in [0.717, 1.165) is 42.9 Å². The quantitative estimate of drug-likeness (QED) is 0.236. The Kier molecular flexibility index (Phi) is 5.75. The molecule has 5 rings (SSSR count). The summed E-state index contributed by atoms with van der Waals surface area (Å²) in [6.07, 6.45) is 5.85. The van der Waals surface area contributed by atoms with E-state index < -0.39 is 0 Å². The first-order valence-electron chi connectivity index (χ1n) is 10.0. The highest BCUT2D eigenvalue weighted by atomic mass is 35.5. The highest BCUT2D eigenvalue weighted by molar-refractivity contribution is 8.01. The van der Waals surface area contributed by atoms with Gasteiger partial charge < -0.3 is 0 Å². The Hall–Kier alpha value is -2.32. The Morgan fingerprint density at radius 3 is 2.69 bits per heavy atom. The lowest BCUT2D eigenvalue weighted by Crippen LogP contribution is -1.94. The van der Waals surface area contributed by atoms with Crippen molar-refractivity contribution in [2.75, 3.05) is 0 Å². The van der Waals surface area contributed by atoms with Crippen molar-refractivity contribution in [3.8, 4) is 27.5 Å². The highest BCUT2D eigenvalue weighted by Crippen LogP contribution is 2.41. The number of thiazole rings is 1. The number of hydrogen-bond donors (Lipinski definition) is 0. The Balaban J connectivity index is 1.60. The van der Waals surface area contributed by atoms with Crippen LogP contribution in [-0.2, 0) is 0 Å². The molecule has 5 nitrogen and oxygen atoms in total. The van der Waals surface area contributed by atoms with Crippen LogP contribution < -0.4 is 0 Å². The van der Waals surface area contributed by atoms with E-state index in [2.05, 4.69) is 25.0 Å². The van der Waals surface area contributed by atoms with E-state index in [-0.39, 0.29) is 0 Å². The van der Waals surface area contributed by atoms with Gasteiger partial charge in [-0.2, -0.15) is 10.2 Å². The zero-order valence-corrected chi connectivity index (χ0v) is 20.7. The lowest BCUT2D eigenvalue weighted by Gasteiger charge is -2.05. The standard InChI is InChI=1S/C23H19Cl2N5S2/c1-13(2)31-22-21(15-7-8-18(24)19(25)10-15)27-23(32-22)30-12-17(14(3)28-30)16-11-26-29-9-5-4-6-20(16)29/h4-13H,1-3H3. The number of aryl methyl sites for hydroxylation is 1. The number of rotatable bonds is 5. The Labute approximate surface area is 204 Å². The van der Waals surface area contributed by atoms with Crippen molar-refractivity contribution in [3.63, 3.8) is 0 Å². The van der Waals surface area contributed by atoms with E-state index in [4.69, 9.17) is 33.3 Å². The minimum atomic E-state index is 0.415. The number of fused-ring (bicyclic) bond motifs is 1. The van der Waals surface area contributed by atoms with Gasteiger partial charge in [-0.3, -0.25) is 0 Å². The van der Waals surface area contributed by atoms with E-state index >= 15 is 0 Å². The summed E-state index contributed by atoms with van der Waals surface area (Å²) in [7, 11) is 0. The van der Waals surface area contributed by atoms with Crippen molar-refractivity contribution in [2.24, 2.45) is 0 Å². The third-order valence-electron chi connectivity index (χ3n) is 4.93. The molecule has 0 radical (unpaired) electrons. The lowest BCUT2D eigenvalue weighted by atomic mass is 10.1. The number of benzene rings is 1. The second-order valence-corrected chi connectivity index (χ2v) is 11.2. The molecule has 0 bridgehead atoms. The molecule has 0 unspecified atom stereocenters. The molecule has 4 aromatic heterocycles. The van der Waals surface area contributed by atoms with Crippen LogP contribution in [-0.4, -0.2) is 29.6 Å². The monoisotopic (exact) mass is 499 g/mol. The summed E-state index contributed by atoms with van der Waals surface area (Å²) in [5.74, 6) is 0. The predicted octanol–water partition coefficient (Wildman–Crippen LogP) is 7.43.